The van der Waals surface area contributed by atoms with E-state index >= 15 is 0 Å². The van der Waals surface area contributed by atoms with E-state index in [2.05, 4.69) is 0 Å². The average Bonchev–Trinajstić information content (AvgIpc) is 2.28. The van der Waals surface area contributed by atoms with Gasteiger partial charge < -0.3 is 15.1 Å². The van der Waals surface area contributed by atoms with Crippen LogP contribution in [0.2, 0.25) is 0 Å². The molecule has 1 rings (SSSR count). The number of aliphatic hydroxyl groups excluding tert-OH is 2. The molecule has 0 aliphatic rings. The number of para-hydroxylation sites is 1. The van der Waals surface area contributed by atoms with E-state index in [-0.39, 0.29) is 18.8 Å². The molecule has 0 amide bonds. The topological polar surface area (TPSA) is 43.7 Å². The fourth-order valence-electron chi connectivity index (χ4n) is 1.40. The lowest BCUT2D eigenvalue weighted by Gasteiger charge is -2.36. The van der Waals surface area contributed by atoms with Crippen molar-refractivity contribution in [3.8, 4) is 0 Å². The Morgan fingerprint density at radius 2 is 1.80 bits per heavy atom. The molecule has 0 radical (unpaired) electrons. The van der Waals surface area contributed by atoms with Crippen LogP contribution in [0, 0.1) is 0 Å². The summed E-state index contributed by atoms with van der Waals surface area (Å²) in [5, 5.41) is 18.5. The molecule has 84 valence electrons. The second-order valence-corrected chi connectivity index (χ2v) is 4.32. The number of benzene rings is 1. The third kappa shape index (κ3) is 2.49. The van der Waals surface area contributed by atoms with Gasteiger partial charge >= 0.3 is 0 Å². The Morgan fingerprint density at radius 3 is 2.33 bits per heavy atom. The molecule has 0 aromatic heterocycles. The number of aliphatic hydroxyl groups is 2. The Labute approximate surface area is 91.0 Å². The first-order valence-corrected chi connectivity index (χ1v) is 5.06. The van der Waals surface area contributed by atoms with Gasteiger partial charge in [-0.15, -0.1) is 0 Å². The van der Waals surface area contributed by atoms with E-state index in [0.29, 0.717) is 0 Å². The minimum Gasteiger partial charge on any atom is -0.394 e. The van der Waals surface area contributed by atoms with Gasteiger partial charge in [-0.2, -0.15) is 0 Å². The van der Waals surface area contributed by atoms with Gasteiger partial charge in [0.2, 0.25) is 0 Å². The second-order valence-electron chi connectivity index (χ2n) is 4.32. The molecular weight excluding hydrogens is 190 g/mol. The van der Waals surface area contributed by atoms with Crippen LogP contribution >= 0.6 is 0 Å². The predicted molar refractivity (Wildman–Crippen MR) is 61.9 cm³/mol. The Morgan fingerprint density at radius 1 is 1.20 bits per heavy atom. The lowest BCUT2D eigenvalue weighted by atomic mass is 10.0. The molecule has 0 aliphatic carbocycles. The van der Waals surface area contributed by atoms with Crippen LogP contribution in [0.15, 0.2) is 24.3 Å². The molecule has 0 bridgehead atoms. The number of likely N-dealkylation sites (N-methyl/N-ethyl adjacent to an activating group) is 1. The minimum absolute atomic E-state index is 0.0159. The maximum absolute atomic E-state index is 9.29. The molecule has 0 unspecified atom stereocenters. The van der Waals surface area contributed by atoms with Crippen molar-refractivity contribution in [3.63, 3.8) is 0 Å². The third-order valence-electron chi connectivity index (χ3n) is 2.82. The smallest absolute Gasteiger partial charge is 0.0702 e. The van der Waals surface area contributed by atoms with Crippen LogP contribution in [0.4, 0.5) is 5.69 Å². The summed E-state index contributed by atoms with van der Waals surface area (Å²) < 4.78 is 0. The first-order chi connectivity index (χ1) is 7.03. The van der Waals surface area contributed by atoms with Gasteiger partial charge in [0.15, 0.2) is 0 Å². The van der Waals surface area contributed by atoms with Crippen molar-refractivity contribution in [1.82, 2.24) is 0 Å². The van der Waals surface area contributed by atoms with Crippen molar-refractivity contribution >= 4 is 5.69 Å². The van der Waals surface area contributed by atoms with Gasteiger partial charge in [-0.25, -0.2) is 0 Å². The molecule has 0 spiro atoms. The zero-order valence-corrected chi connectivity index (χ0v) is 9.57. The van der Waals surface area contributed by atoms with Gasteiger partial charge in [0, 0.05) is 18.3 Å². The number of hydrogen-bond donors (Lipinski definition) is 2. The van der Waals surface area contributed by atoms with E-state index in [1.165, 1.54) is 0 Å². The molecule has 15 heavy (non-hydrogen) atoms. The van der Waals surface area contributed by atoms with E-state index in [0.717, 1.165) is 11.3 Å². The highest BCUT2D eigenvalue weighted by molar-refractivity contribution is 5.54. The van der Waals surface area contributed by atoms with Crippen LogP contribution in [0.1, 0.15) is 19.4 Å². The van der Waals surface area contributed by atoms with Crippen molar-refractivity contribution in [2.24, 2.45) is 0 Å². The van der Waals surface area contributed by atoms with Crippen LogP contribution in [-0.2, 0) is 6.61 Å². The zero-order chi connectivity index (χ0) is 11.5. The molecule has 0 saturated heterocycles. The molecule has 0 aliphatic heterocycles. The third-order valence-corrected chi connectivity index (χ3v) is 2.82. The largest absolute Gasteiger partial charge is 0.394 e. The molecule has 2 N–H and O–H groups in total. The SMILES string of the molecule is CN(c1ccccc1CO)C(C)(C)CO. The lowest BCUT2D eigenvalue weighted by molar-refractivity contribution is 0.215. The summed E-state index contributed by atoms with van der Waals surface area (Å²) in [6.07, 6.45) is 0. The number of hydrogen-bond acceptors (Lipinski definition) is 3. The van der Waals surface area contributed by atoms with Crippen LogP contribution < -0.4 is 4.90 Å². The summed E-state index contributed by atoms with van der Waals surface area (Å²) in [5.74, 6) is 0. The minimum atomic E-state index is -0.328. The van der Waals surface area contributed by atoms with Gasteiger partial charge in [0.25, 0.3) is 0 Å². The van der Waals surface area contributed by atoms with E-state index in [1.54, 1.807) is 0 Å². The van der Waals surface area contributed by atoms with Crippen molar-refractivity contribution in [1.29, 1.82) is 0 Å². The first kappa shape index (κ1) is 12.0. The van der Waals surface area contributed by atoms with Crippen LogP contribution in [0.5, 0.6) is 0 Å². The Kier molecular flexibility index (Phi) is 3.72. The molecule has 1 aromatic carbocycles. The van der Waals surface area contributed by atoms with E-state index in [9.17, 15) is 10.2 Å². The van der Waals surface area contributed by atoms with Crippen molar-refractivity contribution < 1.29 is 10.2 Å². The van der Waals surface area contributed by atoms with E-state index < -0.39 is 0 Å². The quantitative estimate of drug-likeness (QED) is 0.787. The molecule has 1 aromatic rings. The summed E-state index contributed by atoms with van der Waals surface area (Å²) in [5.41, 5.74) is 1.51. The molecule has 0 atom stereocenters. The summed E-state index contributed by atoms with van der Waals surface area (Å²) in [6, 6.07) is 7.66. The van der Waals surface area contributed by atoms with E-state index in [1.807, 2.05) is 50.1 Å². The molecular formula is C12H19NO2. The average molecular weight is 209 g/mol. The maximum Gasteiger partial charge on any atom is 0.0702 e. The highest BCUT2D eigenvalue weighted by atomic mass is 16.3. The molecule has 3 nitrogen and oxygen atoms in total. The second kappa shape index (κ2) is 4.64. The van der Waals surface area contributed by atoms with Crippen molar-refractivity contribution in [2.75, 3.05) is 18.6 Å². The first-order valence-electron chi connectivity index (χ1n) is 5.06. The van der Waals surface area contributed by atoms with Crippen LogP contribution in [0.3, 0.4) is 0 Å². The Hall–Kier alpha value is -1.06. The molecule has 3 heteroatoms. The van der Waals surface area contributed by atoms with Crippen LogP contribution in [-0.4, -0.2) is 29.4 Å². The van der Waals surface area contributed by atoms with Gasteiger partial charge in [-0.1, -0.05) is 18.2 Å². The monoisotopic (exact) mass is 209 g/mol. The Balaban J connectivity index is 3.05. The number of anilines is 1. The van der Waals surface area contributed by atoms with Gasteiger partial charge in [-0.05, 0) is 19.9 Å². The number of rotatable bonds is 4. The lowest BCUT2D eigenvalue weighted by Crippen LogP contribution is -2.44. The van der Waals surface area contributed by atoms with Crippen molar-refractivity contribution in [3.05, 3.63) is 29.8 Å². The van der Waals surface area contributed by atoms with Gasteiger partial charge in [0.1, 0.15) is 0 Å². The molecule has 0 heterocycles. The van der Waals surface area contributed by atoms with E-state index in [4.69, 9.17) is 0 Å². The summed E-state index contributed by atoms with van der Waals surface area (Å²) in [4.78, 5) is 1.98. The summed E-state index contributed by atoms with van der Waals surface area (Å²) in [6.45, 7) is 4.01. The highest BCUT2D eigenvalue weighted by Crippen LogP contribution is 2.25. The highest BCUT2D eigenvalue weighted by Gasteiger charge is 2.23. The fourth-order valence-corrected chi connectivity index (χ4v) is 1.40. The van der Waals surface area contributed by atoms with Crippen LogP contribution in [0.25, 0.3) is 0 Å². The molecule has 0 fully saturated rings. The predicted octanol–water partition coefficient (Wildman–Crippen LogP) is 1.39. The maximum atomic E-state index is 9.29. The Bertz CT molecular complexity index is 323. The fraction of sp³-hybridized carbons (Fsp3) is 0.500. The molecule has 0 saturated carbocycles. The normalized spacial score (nSPS) is 11.5. The van der Waals surface area contributed by atoms with Gasteiger partial charge in [0.05, 0.1) is 18.8 Å². The summed E-state index contributed by atoms with van der Waals surface area (Å²) in [7, 11) is 1.92. The van der Waals surface area contributed by atoms with Crippen molar-refractivity contribution in [2.45, 2.75) is 26.0 Å². The zero-order valence-electron chi connectivity index (χ0n) is 9.57. The van der Waals surface area contributed by atoms with Gasteiger partial charge in [-0.3, -0.25) is 0 Å². The number of nitrogens with zero attached hydrogens (tertiary/aromatic N) is 1. The summed E-state index contributed by atoms with van der Waals surface area (Å²) >= 11 is 0. The standard InChI is InChI=1S/C12H19NO2/c1-12(2,9-15)13(3)11-7-5-4-6-10(11)8-14/h4-7,14-15H,8-9H2,1-3H3.